The molecule has 0 aliphatic carbocycles. The number of aryl methyl sites for hydroxylation is 1. The lowest BCUT2D eigenvalue weighted by molar-refractivity contribution is -0.141. The number of halogens is 6. The molecule has 0 bridgehead atoms. The lowest BCUT2D eigenvalue weighted by Gasteiger charge is -2.30. The highest BCUT2D eigenvalue weighted by atomic mass is 35.5. The molecule has 2 heterocycles. The second-order valence-electron chi connectivity index (χ2n) is 18.5. The normalized spacial score (nSPS) is 12.5. The van der Waals surface area contributed by atoms with Crippen molar-refractivity contribution in [3.8, 4) is 11.3 Å². The Kier molecular flexibility index (Phi) is 41.0. The summed E-state index contributed by atoms with van der Waals surface area (Å²) in [4.78, 5) is 63.1. The van der Waals surface area contributed by atoms with Gasteiger partial charge in [-0.15, -0.1) is 0 Å². The molecule has 1 saturated heterocycles. The van der Waals surface area contributed by atoms with E-state index in [0.717, 1.165) is 38.5 Å². The molecule has 0 unspecified atom stereocenters. The van der Waals surface area contributed by atoms with Gasteiger partial charge in [0.25, 0.3) is 0 Å². The average molecular weight is 1250 g/mol. The molecule has 3 amide bonds. The summed E-state index contributed by atoms with van der Waals surface area (Å²) >= 11 is 6.03. The number of carbonyl (C=O) groups excluding carboxylic acids is 5. The van der Waals surface area contributed by atoms with E-state index in [1.165, 1.54) is 75.2 Å². The number of esters is 2. The van der Waals surface area contributed by atoms with Gasteiger partial charge in [-0.3, -0.25) is 24.5 Å². The van der Waals surface area contributed by atoms with Gasteiger partial charge in [-0.1, -0.05) is 94.4 Å². The van der Waals surface area contributed by atoms with E-state index in [1.54, 1.807) is 24.1 Å². The van der Waals surface area contributed by atoms with Crippen LogP contribution in [0, 0.1) is 23.5 Å². The predicted octanol–water partition coefficient (Wildman–Crippen LogP) is 11.3. The Bertz CT molecular complexity index is 2330. The van der Waals surface area contributed by atoms with Gasteiger partial charge in [-0.2, -0.15) is 62.1 Å². The maximum Gasteiger partial charge on any atom is 0.522 e. The van der Waals surface area contributed by atoms with Crippen molar-refractivity contribution in [3.63, 3.8) is 0 Å². The highest BCUT2D eigenvalue weighted by Gasteiger charge is 2.49. The number of carbonyl (C=O) groups is 5. The number of hydrogen-bond donors (Lipinski definition) is 2. The second-order valence-corrected chi connectivity index (χ2v) is 25.2. The van der Waals surface area contributed by atoms with E-state index in [-0.39, 0.29) is 107 Å². The fourth-order valence-corrected chi connectivity index (χ4v) is 10.4. The molecule has 1 aromatic heterocycles. The standard InChI is InChI=1S/C29H32ClF2N5O5.2C9H18O2.C4H9F3O3SSi.3H2S/c1-36(26(38)10-8-19-4-3-7-23(32)28(19)30)22(9-11-27(39)37-14-12-33-13-15-37)18-41-29(40)34-25-17-24(35-42-25)20-5-2-6-21(31)16-20;2*1-4-8(5-2)6-7-9(10)11-3;1-12(2,3)10-11(8,9)4(5,6)7;;;/h2-7,16-17,22,33H,8-15,18H2,1H3,(H,34,40);2*8H,4-7H2,1-3H3;1-3H3;3*1H2/t22-;;;;;;/m0....../s1. The molecular formula is C51H83ClF5N5O12S4Si. The molecular weight excluding hydrogens is 1160 g/mol. The fraction of sp³-hybridized carbons (Fsp3) is 0.608. The van der Waals surface area contributed by atoms with E-state index in [2.05, 4.69) is 56.8 Å². The van der Waals surface area contributed by atoms with Crippen LogP contribution in [0.1, 0.15) is 104 Å². The molecule has 1 fully saturated rings. The van der Waals surface area contributed by atoms with Gasteiger partial charge in [0, 0.05) is 70.5 Å². The Labute approximate surface area is 490 Å². The summed E-state index contributed by atoms with van der Waals surface area (Å²) in [6.45, 7) is 15.1. The molecule has 17 nitrogen and oxygen atoms in total. The minimum atomic E-state index is -5.39. The third kappa shape index (κ3) is 32.2. The van der Waals surface area contributed by atoms with Crippen LogP contribution in [0.3, 0.4) is 0 Å². The van der Waals surface area contributed by atoms with Gasteiger partial charge in [0.15, 0.2) is 0 Å². The van der Waals surface area contributed by atoms with Crippen LogP contribution in [0.5, 0.6) is 0 Å². The average Bonchev–Trinajstić information content (AvgIpc) is 3.85. The first-order chi connectivity index (χ1) is 35.6. The second kappa shape index (κ2) is 41.0. The van der Waals surface area contributed by atoms with Crippen molar-refractivity contribution >= 4 is 106 Å². The Balaban J connectivity index is -0.00000127. The van der Waals surface area contributed by atoms with Crippen LogP contribution in [-0.2, 0) is 53.8 Å². The van der Waals surface area contributed by atoms with E-state index in [1.807, 2.05) is 0 Å². The van der Waals surface area contributed by atoms with Crippen LogP contribution >= 0.6 is 52.1 Å². The summed E-state index contributed by atoms with van der Waals surface area (Å²) < 4.78 is 107. The number of amides is 3. The molecule has 2 N–H and O–H groups in total. The molecule has 1 atom stereocenters. The zero-order valence-corrected chi connectivity index (χ0v) is 52.4. The summed E-state index contributed by atoms with van der Waals surface area (Å²) in [7, 11) is -3.66. The van der Waals surface area contributed by atoms with Crippen molar-refractivity contribution < 1.29 is 76.9 Å². The first-order valence-corrected chi connectivity index (χ1v) is 30.3. The number of anilines is 1. The molecule has 1 aliphatic heterocycles. The third-order valence-corrected chi connectivity index (χ3v) is 15.8. The van der Waals surface area contributed by atoms with Gasteiger partial charge in [0.1, 0.15) is 23.9 Å². The zero-order valence-electron chi connectivity index (χ0n) is 46.8. The van der Waals surface area contributed by atoms with E-state index < -0.39 is 47.7 Å². The maximum atomic E-state index is 13.8. The van der Waals surface area contributed by atoms with Crippen molar-refractivity contribution in [2.24, 2.45) is 11.8 Å². The molecule has 0 saturated carbocycles. The number of methoxy groups -OCH3 is 2. The van der Waals surface area contributed by atoms with Crippen molar-refractivity contribution in [1.29, 1.82) is 0 Å². The van der Waals surface area contributed by atoms with Crippen molar-refractivity contribution in [1.82, 2.24) is 20.3 Å². The Morgan fingerprint density at radius 1 is 0.823 bits per heavy atom. The van der Waals surface area contributed by atoms with Gasteiger partial charge < -0.3 is 37.7 Å². The van der Waals surface area contributed by atoms with Crippen LogP contribution in [0.4, 0.5) is 32.6 Å². The molecule has 3 aromatic rings. The van der Waals surface area contributed by atoms with Gasteiger partial charge in [-0.05, 0) is 80.9 Å². The summed E-state index contributed by atoms with van der Waals surface area (Å²) in [5.41, 5.74) is -4.02. The number of hydrogen-bond acceptors (Lipinski definition) is 14. The van der Waals surface area contributed by atoms with Gasteiger partial charge in [-0.25, -0.2) is 13.6 Å². The Morgan fingerprint density at radius 2 is 1.35 bits per heavy atom. The number of ether oxygens (including phenoxy) is 3. The van der Waals surface area contributed by atoms with Crippen LogP contribution in [-0.4, -0.2) is 127 Å². The topological polar surface area (TPSA) is 213 Å². The summed E-state index contributed by atoms with van der Waals surface area (Å²) in [5.74, 6) is -0.144. The minimum absolute atomic E-state index is 0. The zero-order chi connectivity index (χ0) is 57.6. The van der Waals surface area contributed by atoms with Crippen LogP contribution in [0.2, 0.25) is 24.7 Å². The van der Waals surface area contributed by atoms with Crippen LogP contribution in [0.25, 0.3) is 11.3 Å². The van der Waals surface area contributed by atoms with Crippen molar-refractivity contribution in [2.45, 2.75) is 136 Å². The highest BCUT2D eigenvalue weighted by molar-refractivity contribution is 7.88. The van der Waals surface area contributed by atoms with Crippen LogP contribution in [0.15, 0.2) is 53.1 Å². The molecule has 79 heavy (non-hydrogen) atoms. The lowest BCUT2D eigenvalue weighted by atomic mass is 9.98. The first-order valence-electron chi connectivity index (χ1n) is 25.1. The molecule has 4 rings (SSSR count). The Morgan fingerprint density at radius 3 is 1.82 bits per heavy atom. The number of nitrogens with one attached hydrogen (secondary N) is 2. The van der Waals surface area contributed by atoms with E-state index >= 15 is 0 Å². The number of alkyl halides is 3. The Hall–Kier alpha value is -4.12. The van der Waals surface area contributed by atoms with E-state index in [0.29, 0.717) is 67.7 Å². The van der Waals surface area contributed by atoms with Gasteiger partial charge >= 0.3 is 33.7 Å². The predicted molar refractivity (Wildman–Crippen MR) is 313 cm³/mol. The van der Waals surface area contributed by atoms with Crippen molar-refractivity contribution in [3.05, 3.63) is 70.8 Å². The number of aromatic nitrogens is 1. The summed E-state index contributed by atoms with van der Waals surface area (Å²) in [5, 5.41) is 9.43. The van der Waals surface area contributed by atoms with Crippen molar-refractivity contribution in [2.75, 3.05) is 59.4 Å². The lowest BCUT2D eigenvalue weighted by Crippen LogP contribution is -2.47. The number of nitrogens with zero attached hydrogens (tertiary/aromatic N) is 3. The number of piperazine rings is 1. The third-order valence-electron chi connectivity index (χ3n) is 11.9. The summed E-state index contributed by atoms with van der Waals surface area (Å²) in [6, 6.07) is 11.0. The summed E-state index contributed by atoms with van der Waals surface area (Å²) in [6.07, 6.45) is 7.53. The smallest absolute Gasteiger partial charge is 0.469 e. The molecule has 0 radical (unpaired) electrons. The molecule has 0 spiro atoms. The largest absolute Gasteiger partial charge is 0.522 e. The molecule has 28 heteroatoms. The number of benzene rings is 2. The SMILES string of the molecule is CCC(CC)CCC(=O)OC.CCC(CC)CCC(=O)OC.CN(C(=O)CCc1cccc(F)c1Cl)[C@@H](CCC(=O)N1CCNCC1)COC(=O)Nc1cc(-c2cccc(F)c2)no1.C[Si](C)(C)OS(=O)(=O)C(F)(F)F.S.S.S. The van der Waals surface area contributed by atoms with E-state index in [9.17, 15) is 54.3 Å². The van der Waals surface area contributed by atoms with Gasteiger partial charge in [0.05, 0.1) is 25.3 Å². The number of likely N-dealkylation sites (N-methyl/N-ethyl adjacent to an activating group) is 1. The first kappa shape index (κ1) is 79.1. The van der Waals surface area contributed by atoms with E-state index in [4.69, 9.17) is 20.9 Å². The van der Waals surface area contributed by atoms with Gasteiger partial charge in [0.2, 0.25) is 26.0 Å². The minimum Gasteiger partial charge on any atom is -0.469 e. The molecule has 2 aromatic carbocycles. The monoisotopic (exact) mass is 1240 g/mol. The molecule has 1 aliphatic rings. The molecule has 454 valence electrons. The highest BCUT2D eigenvalue weighted by Crippen LogP contribution is 2.28. The fourth-order valence-electron chi connectivity index (χ4n) is 7.16. The number of rotatable bonds is 23. The van der Waals surface area contributed by atoms with Crippen LogP contribution < -0.4 is 10.6 Å². The quantitative estimate of drug-likeness (QED) is 0.0297. The maximum absolute atomic E-state index is 13.8.